The number of para-hydroxylation sites is 1. The van der Waals surface area contributed by atoms with Crippen molar-refractivity contribution in [3.8, 4) is 5.75 Å². The average molecular weight is 260 g/mol. The molecule has 2 N–H and O–H groups in total. The van der Waals surface area contributed by atoms with Crippen molar-refractivity contribution >= 4 is 20.6 Å². The highest BCUT2D eigenvalue weighted by molar-refractivity contribution is 7.48. The zero-order valence-electron chi connectivity index (χ0n) is 8.44. The molecule has 0 aliphatic heterocycles. The molecule has 0 bridgehead atoms. The normalized spacial score (nSPS) is 10.4. The number of rotatable bonds is 8. The number of carbonyl (C=O) groups excluding carboxylic acids is 2. The van der Waals surface area contributed by atoms with Crippen LogP contribution in [0.4, 0.5) is 0 Å². The Bertz CT molecular complexity index is 396. The molecule has 0 saturated carbocycles. The third-order valence-electron chi connectivity index (χ3n) is 1.39. The molecule has 92 valence electrons. The van der Waals surface area contributed by atoms with Gasteiger partial charge in [-0.15, -0.1) is 0 Å². The zero-order valence-corrected chi connectivity index (χ0v) is 9.33. The van der Waals surface area contributed by atoms with Gasteiger partial charge < -0.3 is 4.52 Å². The molecular formula is C8H9N2O6P. The van der Waals surface area contributed by atoms with Crippen LogP contribution in [-0.4, -0.2) is 12.8 Å². The maximum atomic E-state index is 11.8. The van der Waals surface area contributed by atoms with Gasteiger partial charge in [-0.2, -0.15) is 9.25 Å². The van der Waals surface area contributed by atoms with Crippen molar-refractivity contribution in [1.82, 2.24) is 11.0 Å². The van der Waals surface area contributed by atoms with Crippen molar-refractivity contribution in [2.24, 2.45) is 0 Å². The van der Waals surface area contributed by atoms with E-state index in [0.717, 1.165) is 0 Å². The summed E-state index contributed by atoms with van der Waals surface area (Å²) in [6, 6.07) is 7.94. The summed E-state index contributed by atoms with van der Waals surface area (Å²) in [5.74, 6) is 0.177. The summed E-state index contributed by atoms with van der Waals surface area (Å²) in [7, 11) is -4.16. The standard InChI is InChI=1S/C8H9N2O6P/c11-6-9-15-17(13,16-10-7-12)14-8-4-2-1-3-5-8/h1-7H,(H,9,11)(H,10,12). The summed E-state index contributed by atoms with van der Waals surface area (Å²) in [4.78, 5) is 20.0. The molecule has 0 heterocycles. The van der Waals surface area contributed by atoms with Gasteiger partial charge >= 0.3 is 7.82 Å². The Morgan fingerprint density at radius 3 is 2.00 bits per heavy atom. The molecule has 1 rings (SSSR count). The van der Waals surface area contributed by atoms with Crippen LogP contribution in [0.25, 0.3) is 0 Å². The second-order valence-corrected chi connectivity index (χ2v) is 3.95. The SMILES string of the molecule is O=CNOP(=O)(ONC=O)Oc1ccccc1. The largest absolute Gasteiger partial charge is 0.573 e. The molecule has 0 aliphatic rings. The third kappa shape index (κ3) is 4.64. The van der Waals surface area contributed by atoms with Gasteiger partial charge in [-0.05, 0) is 12.1 Å². The lowest BCUT2D eigenvalue weighted by Crippen LogP contribution is -2.19. The molecule has 8 nitrogen and oxygen atoms in total. The number of hydroxylamine groups is 2. The smallest absolute Gasteiger partial charge is 0.402 e. The fourth-order valence-corrected chi connectivity index (χ4v) is 1.67. The predicted molar refractivity (Wildman–Crippen MR) is 55.2 cm³/mol. The first-order valence-electron chi connectivity index (χ1n) is 4.30. The minimum atomic E-state index is -4.16. The van der Waals surface area contributed by atoms with Crippen LogP contribution in [0.15, 0.2) is 30.3 Å². The highest BCUT2D eigenvalue weighted by Gasteiger charge is 2.30. The topological polar surface area (TPSA) is 103 Å². The van der Waals surface area contributed by atoms with E-state index in [1.807, 2.05) is 0 Å². The summed E-state index contributed by atoms with van der Waals surface area (Å²) < 4.78 is 25.4. The quantitative estimate of drug-likeness (QED) is 0.401. The number of carbonyl (C=O) groups is 2. The van der Waals surface area contributed by atoms with Crippen molar-refractivity contribution in [2.75, 3.05) is 0 Å². The van der Waals surface area contributed by atoms with E-state index in [0.29, 0.717) is 0 Å². The van der Waals surface area contributed by atoms with Gasteiger partial charge in [0.15, 0.2) is 0 Å². The number of benzene rings is 1. The lowest BCUT2D eigenvalue weighted by Gasteiger charge is -2.15. The summed E-state index contributed by atoms with van der Waals surface area (Å²) in [6.07, 6.45) is 0.260. The Morgan fingerprint density at radius 1 is 1.00 bits per heavy atom. The second kappa shape index (κ2) is 6.64. The summed E-state index contributed by atoms with van der Waals surface area (Å²) in [6.45, 7) is 0. The van der Waals surface area contributed by atoms with Crippen LogP contribution in [-0.2, 0) is 23.4 Å². The van der Waals surface area contributed by atoms with Gasteiger partial charge in [0.2, 0.25) is 12.8 Å². The average Bonchev–Trinajstić information content (AvgIpc) is 2.35. The minimum absolute atomic E-state index is 0.130. The Hall–Kier alpha value is -1.89. The van der Waals surface area contributed by atoms with Gasteiger partial charge in [0.25, 0.3) is 0 Å². The van der Waals surface area contributed by atoms with E-state index in [2.05, 4.69) is 9.25 Å². The molecule has 0 unspecified atom stereocenters. The highest BCUT2D eigenvalue weighted by Crippen LogP contribution is 2.47. The molecule has 0 atom stereocenters. The molecule has 0 spiro atoms. The van der Waals surface area contributed by atoms with Gasteiger partial charge in [-0.25, -0.2) is 15.5 Å². The summed E-state index contributed by atoms with van der Waals surface area (Å²) in [5.41, 5.74) is 3.34. The van der Waals surface area contributed by atoms with E-state index in [1.54, 1.807) is 29.2 Å². The Kier molecular flexibility index (Phi) is 5.15. The van der Waals surface area contributed by atoms with Gasteiger partial charge in [0.1, 0.15) is 5.75 Å². The maximum Gasteiger partial charge on any atom is 0.573 e. The van der Waals surface area contributed by atoms with Crippen molar-refractivity contribution in [2.45, 2.75) is 0 Å². The lowest BCUT2D eigenvalue weighted by molar-refractivity contribution is -0.118. The predicted octanol–water partition coefficient (Wildman–Crippen LogP) is 0.529. The molecule has 1 aromatic rings. The molecule has 0 saturated heterocycles. The van der Waals surface area contributed by atoms with Crippen molar-refractivity contribution in [3.05, 3.63) is 30.3 Å². The first-order valence-corrected chi connectivity index (χ1v) is 5.76. The lowest BCUT2D eigenvalue weighted by atomic mass is 10.3. The number of nitrogens with one attached hydrogen (secondary N) is 2. The summed E-state index contributed by atoms with van der Waals surface area (Å²) in [5, 5.41) is 0. The minimum Gasteiger partial charge on any atom is -0.402 e. The molecule has 0 fully saturated rings. The van der Waals surface area contributed by atoms with E-state index in [9.17, 15) is 14.2 Å². The van der Waals surface area contributed by atoms with Crippen molar-refractivity contribution in [1.29, 1.82) is 0 Å². The van der Waals surface area contributed by atoms with E-state index in [4.69, 9.17) is 4.52 Å². The first-order chi connectivity index (χ1) is 8.20. The van der Waals surface area contributed by atoms with Crippen molar-refractivity contribution in [3.63, 3.8) is 0 Å². The third-order valence-corrected chi connectivity index (χ3v) is 2.48. The first kappa shape index (κ1) is 13.2. The van der Waals surface area contributed by atoms with Gasteiger partial charge in [0.05, 0.1) is 0 Å². The van der Waals surface area contributed by atoms with Gasteiger partial charge in [0, 0.05) is 0 Å². The van der Waals surface area contributed by atoms with Crippen LogP contribution < -0.4 is 15.5 Å². The van der Waals surface area contributed by atoms with E-state index in [1.165, 1.54) is 12.1 Å². The molecule has 2 amide bonds. The fraction of sp³-hybridized carbons (Fsp3) is 0. The fourth-order valence-electron chi connectivity index (χ4n) is 0.838. The van der Waals surface area contributed by atoms with Crippen LogP contribution in [0.2, 0.25) is 0 Å². The molecule has 0 radical (unpaired) electrons. The number of hydrogen-bond donors (Lipinski definition) is 2. The Balaban J connectivity index is 2.72. The Labute approximate surface area is 96.4 Å². The molecule has 9 heteroatoms. The van der Waals surface area contributed by atoms with Crippen LogP contribution in [0.1, 0.15) is 0 Å². The number of amides is 2. The molecule has 0 aliphatic carbocycles. The monoisotopic (exact) mass is 260 g/mol. The second-order valence-electron chi connectivity index (χ2n) is 2.51. The van der Waals surface area contributed by atoms with Gasteiger partial charge in [-0.3, -0.25) is 9.59 Å². The molecule has 1 aromatic carbocycles. The van der Waals surface area contributed by atoms with E-state index < -0.39 is 7.82 Å². The zero-order chi connectivity index (χ0) is 12.6. The maximum absolute atomic E-state index is 11.8. The molecular weight excluding hydrogens is 251 g/mol. The number of phosphoric acid groups is 1. The van der Waals surface area contributed by atoms with Crippen LogP contribution in [0.3, 0.4) is 0 Å². The molecule has 17 heavy (non-hydrogen) atoms. The van der Waals surface area contributed by atoms with Crippen LogP contribution >= 0.6 is 7.82 Å². The van der Waals surface area contributed by atoms with E-state index >= 15 is 0 Å². The van der Waals surface area contributed by atoms with Crippen molar-refractivity contribution < 1.29 is 27.9 Å². The van der Waals surface area contributed by atoms with Crippen LogP contribution in [0.5, 0.6) is 5.75 Å². The van der Waals surface area contributed by atoms with Gasteiger partial charge in [-0.1, -0.05) is 18.2 Å². The summed E-state index contributed by atoms with van der Waals surface area (Å²) >= 11 is 0. The highest BCUT2D eigenvalue weighted by atomic mass is 31.2. The Morgan fingerprint density at radius 2 is 1.53 bits per heavy atom. The molecule has 0 aromatic heterocycles. The van der Waals surface area contributed by atoms with E-state index in [-0.39, 0.29) is 18.6 Å². The number of hydrogen-bond acceptors (Lipinski definition) is 6. The van der Waals surface area contributed by atoms with Crippen LogP contribution in [0, 0.1) is 0 Å².